The lowest BCUT2D eigenvalue weighted by Crippen LogP contribution is -2.31. The van der Waals surface area contributed by atoms with Gasteiger partial charge < -0.3 is 14.8 Å². The van der Waals surface area contributed by atoms with Gasteiger partial charge in [0.15, 0.2) is 24.2 Å². The lowest BCUT2D eigenvalue weighted by molar-refractivity contribution is -0.683. The molecule has 0 saturated carbocycles. The van der Waals surface area contributed by atoms with Gasteiger partial charge >= 0.3 is 0 Å². The van der Waals surface area contributed by atoms with E-state index in [4.69, 9.17) is 9.47 Å². The number of anilines is 1. The molecule has 0 radical (unpaired) electrons. The summed E-state index contributed by atoms with van der Waals surface area (Å²) in [4.78, 5) is 14.4. The standard InChI is InChI=1S/C33H46N2O3S/c1-4-5-6-7-8-9-10-11-12-13-14-17-22-38-32-23-28(20-21-31(32)37-3)33(36)34-30-19-16-15-18-29(30)25-35-24-27(2)39-26-35/h15-16,18-21,23-24,26H,4-14,17,22,25H2,1-3H3/p+1. The smallest absolute Gasteiger partial charge is 0.255 e. The molecule has 0 atom stereocenters. The number of benzene rings is 2. The van der Waals surface area contributed by atoms with Crippen LogP contribution in [0.25, 0.3) is 0 Å². The van der Waals surface area contributed by atoms with Crippen molar-refractivity contribution in [1.82, 2.24) is 0 Å². The van der Waals surface area contributed by atoms with Gasteiger partial charge in [0, 0.05) is 11.1 Å². The van der Waals surface area contributed by atoms with Gasteiger partial charge in [-0.2, -0.15) is 4.57 Å². The van der Waals surface area contributed by atoms with E-state index >= 15 is 0 Å². The van der Waals surface area contributed by atoms with Crippen LogP contribution in [-0.2, 0) is 6.54 Å². The van der Waals surface area contributed by atoms with Crippen molar-refractivity contribution < 1.29 is 18.8 Å². The Kier molecular flexibility index (Phi) is 13.9. The molecule has 0 unspecified atom stereocenters. The van der Waals surface area contributed by atoms with E-state index in [0.717, 1.165) is 24.1 Å². The summed E-state index contributed by atoms with van der Waals surface area (Å²) in [5.74, 6) is 1.10. The maximum absolute atomic E-state index is 13.2. The van der Waals surface area contributed by atoms with Gasteiger partial charge in [-0.25, -0.2) is 0 Å². The van der Waals surface area contributed by atoms with Gasteiger partial charge in [0.25, 0.3) is 5.91 Å². The first-order chi connectivity index (χ1) is 19.1. The second kappa shape index (κ2) is 17.7. The number of para-hydroxylation sites is 1. The topological polar surface area (TPSA) is 51.4 Å². The number of nitrogens with one attached hydrogen (secondary N) is 1. The first-order valence-corrected chi connectivity index (χ1v) is 15.6. The number of hydrogen-bond acceptors (Lipinski definition) is 4. The Bertz CT molecular complexity index is 1130. The Morgan fingerprint density at radius 2 is 1.54 bits per heavy atom. The van der Waals surface area contributed by atoms with Gasteiger partial charge in [0.1, 0.15) is 0 Å². The highest BCUT2D eigenvalue weighted by Crippen LogP contribution is 2.29. The number of aryl methyl sites for hydroxylation is 1. The lowest BCUT2D eigenvalue weighted by Gasteiger charge is -2.13. The molecule has 0 aliphatic heterocycles. The molecule has 0 bridgehead atoms. The fourth-order valence-electron chi connectivity index (χ4n) is 4.76. The molecule has 1 aromatic heterocycles. The minimum atomic E-state index is -0.160. The summed E-state index contributed by atoms with van der Waals surface area (Å²) in [5, 5.41) is 3.09. The molecule has 1 N–H and O–H groups in total. The monoisotopic (exact) mass is 551 g/mol. The largest absolute Gasteiger partial charge is 0.493 e. The summed E-state index contributed by atoms with van der Waals surface area (Å²) in [5.41, 5.74) is 4.52. The van der Waals surface area contributed by atoms with Crippen molar-refractivity contribution in [3.8, 4) is 11.5 Å². The third kappa shape index (κ3) is 11.0. The van der Waals surface area contributed by atoms with E-state index in [1.54, 1.807) is 30.6 Å². The van der Waals surface area contributed by atoms with E-state index in [0.29, 0.717) is 30.2 Å². The van der Waals surface area contributed by atoms with Crippen LogP contribution in [-0.4, -0.2) is 19.6 Å². The molecule has 39 heavy (non-hydrogen) atoms. The molecule has 0 fully saturated rings. The van der Waals surface area contributed by atoms with E-state index < -0.39 is 0 Å². The molecule has 0 aliphatic rings. The van der Waals surface area contributed by atoms with Crippen molar-refractivity contribution in [2.24, 2.45) is 0 Å². The fraction of sp³-hybridized carbons (Fsp3) is 0.515. The van der Waals surface area contributed by atoms with E-state index in [1.807, 2.05) is 30.3 Å². The summed E-state index contributed by atoms with van der Waals surface area (Å²) in [6, 6.07) is 13.3. The molecule has 212 valence electrons. The van der Waals surface area contributed by atoms with Gasteiger partial charge in [-0.3, -0.25) is 4.79 Å². The second-order valence-corrected chi connectivity index (χ2v) is 11.4. The molecule has 1 amide bonds. The number of nitrogens with zero attached hydrogens (tertiary/aromatic N) is 1. The van der Waals surface area contributed by atoms with Crippen LogP contribution in [0.2, 0.25) is 0 Å². The molecule has 5 nitrogen and oxygen atoms in total. The zero-order chi connectivity index (χ0) is 27.7. The van der Waals surface area contributed by atoms with Crippen molar-refractivity contribution in [2.75, 3.05) is 19.0 Å². The number of carbonyl (C=O) groups excluding carboxylic acids is 1. The predicted molar refractivity (Wildman–Crippen MR) is 162 cm³/mol. The SMILES string of the molecule is CCCCCCCCCCCCCCOc1cc(C(=O)Nc2ccccc2C[n+]2csc(C)c2)ccc1OC. The molecule has 3 rings (SSSR count). The zero-order valence-electron chi connectivity index (χ0n) is 24.2. The van der Waals surface area contributed by atoms with Crippen LogP contribution in [0, 0.1) is 6.92 Å². The van der Waals surface area contributed by atoms with Gasteiger partial charge in [0.2, 0.25) is 5.51 Å². The molecule has 0 aliphatic carbocycles. The third-order valence-corrected chi connectivity index (χ3v) is 7.87. The summed E-state index contributed by atoms with van der Waals surface area (Å²) >= 11 is 1.71. The highest BCUT2D eigenvalue weighted by molar-refractivity contribution is 7.09. The van der Waals surface area contributed by atoms with Gasteiger partial charge in [-0.1, -0.05) is 107 Å². The van der Waals surface area contributed by atoms with E-state index in [2.05, 4.69) is 35.4 Å². The molecule has 2 aromatic carbocycles. The lowest BCUT2D eigenvalue weighted by atomic mass is 10.1. The first-order valence-electron chi connectivity index (χ1n) is 14.7. The van der Waals surface area contributed by atoms with Crippen LogP contribution < -0.4 is 19.4 Å². The fourth-order valence-corrected chi connectivity index (χ4v) is 5.39. The Hall–Kier alpha value is -2.86. The molecule has 1 heterocycles. The minimum Gasteiger partial charge on any atom is -0.493 e. The molecule has 0 saturated heterocycles. The highest BCUT2D eigenvalue weighted by Gasteiger charge is 2.15. The van der Waals surface area contributed by atoms with Crippen molar-refractivity contribution in [2.45, 2.75) is 97.4 Å². The number of aromatic nitrogens is 1. The molecular formula is C33H47N2O3S+. The average Bonchev–Trinajstić information content (AvgIpc) is 3.36. The molecule has 3 aromatic rings. The first kappa shape index (κ1) is 30.7. The van der Waals surface area contributed by atoms with Crippen LogP contribution in [0.3, 0.4) is 0 Å². The summed E-state index contributed by atoms with van der Waals surface area (Å²) in [6.07, 6.45) is 17.8. The Labute approximate surface area is 239 Å². The number of amides is 1. The van der Waals surface area contributed by atoms with Crippen LogP contribution in [0.15, 0.2) is 54.2 Å². The summed E-state index contributed by atoms with van der Waals surface area (Å²) in [7, 11) is 1.63. The Morgan fingerprint density at radius 1 is 0.872 bits per heavy atom. The van der Waals surface area contributed by atoms with E-state index in [9.17, 15) is 4.79 Å². The van der Waals surface area contributed by atoms with Crippen molar-refractivity contribution in [3.63, 3.8) is 0 Å². The number of thiazole rings is 1. The van der Waals surface area contributed by atoms with Crippen LogP contribution in [0.5, 0.6) is 11.5 Å². The van der Waals surface area contributed by atoms with Crippen LogP contribution in [0.4, 0.5) is 5.69 Å². The number of hydrogen-bond donors (Lipinski definition) is 1. The zero-order valence-corrected chi connectivity index (χ0v) is 25.0. The maximum Gasteiger partial charge on any atom is 0.255 e. The van der Waals surface area contributed by atoms with Gasteiger partial charge in [-0.05, 0) is 37.6 Å². The Morgan fingerprint density at radius 3 is 2.18 bits per heavy atom. The number of carbonyl (C=O) groups is 1. The summed E-state index contributed by atoms with van der Waals surface area (Å²) in [6.45, 7) is 5.69. The third-order valence-electron chi connectivity index (χ3n) is 7.02. The quantitative estimate of drug-likeness (QED) is 0.120. The van der Waals surface area contributed by atoms with Crippen molar-refractivity contribution in [1.29, 1.82) is 0 Å². The second-order valence-electron chi connectivity index (χ2n) is 10.3. The normalized spacial score (nSPS) is 10.9. The number of rotatable bonds is 19. The van der Waals surface area contributed by atoms with E-state index in [-0.39, 0.29) is 5.91 Å². The van der Waals surface area contributed by atoms with Gasteiger partial charge in [0.05, 0.1) is 24.3 Å². The highest BCUT2D eigenvalue weighted by atomic mass is 32.1. The molecule has 6 heteroatoms. The number of ether oxygens (including phenoxy) is 2. The van der Waals surface area contributed by atoms with Crippen LogP contribution >= 0.6 is 11.3 Å². The molecular weight excluding hydrogens is 504 g/mol. The maximum atomic E-state index is 13.2. The van der Waals surface area contributed by atoms with Crippen molar-refractivity contribution >= 4 is 22.9 Å². The van der Waals surface area contributed by atoms with Crippen LogP contribution in [0.1, 0.15) is 105 Å². The van der Waals surface area contributed by atoms with E-state index in [1.165, 1.54) is 69.1 Å². The molecule has 0 spiro atoms. The van der Waals surface area contributed by atoms with Crippen molar-refractivity contribution in [3.05, 3.63) is 70.2 Å². The number of unbranched alkanes of at least 4 members (excludes halogenated alkanes) is 11. The predicted octanol–water partition coefficient (Wildman–Crippen LogP) is 8.73. The Balaban J connectivity index is 1.43. The number of methoxy groups -OCH3 is 1. The summed E-state index contributed by atoms with van der Waals surface area (Å²) < 4.78 is 13.7. The minimum absolute atomic E-state index is 0.160. The average molecular weight is 552 g/mol. The van der Waals surface area contributed by atoms with Gasteiger partial charge in [-0.15, -0.1) is 0 Å².